The molecule has 0 atom stereocenters. The molecule has 0 aliphatic rings. The van der Waals surface area contributed by atoms with Crippen molar-refractivity contribution in [3.63, 3.8) is 0 Å². The fraction of sp³-hybridized carbons (Fsp3) is 0.0714. The maximum Gasteiger partial charge on any atom is 0.104 e. The van der Waals surface area contributed by atoms with Crippen LogP contribution in [0, 0.1) is 10.5 Å². The van der Waals surface area contributed by atoms with E-state index >= 15 is 0 Å². The molecule has 2 aromatic rings. The molecule has 2 aromatic carbocycles. The minimum atomic E-state index is 0.438. The van der Waals surface area contributed by atoms with Gasteiger partial charge >= 0.3 is 0 Å². The zero-order chi connectivity index (χ0) is 13.1. The van der Waals surface area contributed by atoms with Crippen molar-refractivity contribution >= 4 is 51.2 Å². The van der Waals surface area contributed by atoms with Gasteiger partial charge in [-0.05, 0) is 71.5 Å². The summed E-state index contributed by atoms with van der Waals surface area (Å²) in [6.45, 7) is 2.01. The van der Waals surface area contributed by atoms with Gasteiger partial charge in [0.15, 0.2) is 0 Å². The fourth-order valence-corrected chi connectivity index (χ4v) is 2.52. The van der Waals surface area contributed by atoms with Gasteiger partial charge in [0.1, 0.15) is 4.99 Å². The van der Waals surface area contributed by atoms with Gasteiger partial charge in [-0.2, -0.15) is 0 Å². The summed E-state index contributed by atoms with van der Waals surface area (Å²) in [5.74, 6) is 0. The predicted octanol–water partition coefficient (Wildman–Crippen LogP) is 3.98. The van der Waals surface area contributed by atoms with Gasteiger partial charge in [-0.25, -0.2) is 0 Å². The molecule has 0 amide bonds. The van der Waals surface area contributed by atoms with Crippen LogP contribution in [-0.4, -0.2) is 4.99 Å². The van der Waals surface area contributed by atoms with Crippen LogP contribution in [0.5, 0.6) is 0 Å². The molecule has 0 unspecified atom stereocenters. The van der Waals surface area contributed by atoms with Gasteiger partial charge in [0.05, 0.1) is 0 Å². The highest BCUT2D eigenvalue weighted by Crippen LogP contribution is 2.21. The normalized spacial score (nSPS) is 10.1. The molecule has 4 heteroatoms. The zero-order valence-electron chi connectivity index (χ0n) is 9.91. The molecule has 92 valence electrons. The van der Waals surface area contributed by atoms with E-state index in [0.717, 1.165) is 22.5 Å². The average molecular weight is 368 g/mol. The summed E-state index contributed by atoms with van der Waals surface area (Å²) in [7, 11) is 0. The molecular weight excluding hydrogens is 355 g/mol. The van der Waals surface area contributed by atoms with Gasteiger partial charge in [-0.3, -0.25) is 0 Å². The Morgan fingerprint density at radius 1 is 1.17 bits per heavy atom. The van der Waals surface area contributed by atoms with E-state index in [4.69, 9.17) is 18.0 Å². The van der Waals surface area contributed by atoms with Crippen LogP contribution in [0.1, 0.15) is 11.1 Å². The van der Waals surface area contributed by atoms with Crippen molar-refractivity contribution in [2.75, 3.05) is 5.32 Å². The molecular formula is C14H13IN2S. The molecule has 3 N–H and O–H groups in total. The maximum absolute atomic E-state index is 5.65. The first kappa shape index (κ1) is 13.3. The Balaban J connectivity index is 2.25. The first-order chi connectivity index (χ1) is 8.56. The summed E-state index contributed by atoms with van der Waals surface area (Å²) < 4.78 is 1.20. The number of thiocarbonyl (C=S) groups is 1. The smallest absolute Gasteiger partial charge is 0.104 e. The van der Waals surface area contributed by atoms with Crippen molar-refractivity contribution in [2.45, 2.75) is 6.92 Å². The molecule has 0 fully saturated rings. The van der Waals surface area contributed by atoms with Gasteiger partial charge in [0, 0.05) is 20.5 Å². The van der Waals surface area contributed by atoms with Crippen LogP contribution in [0.2, 0.25) is 0 Å². The highest BCUT2D eigenvalue weighted by molar-refractivity contribution is 14.1. The Morgan fingerprint density at radius 3 is 2.50 bits per heavy atom. The first-order valence-corrected chi connectivity index (χ1v) is 6.98. The van der Waals surface area contributed by atoms with Gasteiger partial charge in [0.2, 0.25) is 0 Å². The number of rotatable bonds is 3. The van der Waals surface area contributed by atoms with Gasteiger partial charge in [-0.1, -0.05) is 18.3 Å². The second-order valence-corrected chi connectivity index (χ2v) is 5.71. The Morgan fingerprint density at radius 2 is 1.89 bits per heavy atom. The minimum Gasteiger partial charge on any atom is -0.389 e. The van der Waals surface area contributed by atoms with E-state index in [2.05, 4.69) is 40.0 Å². The van der Waals surface area contributed by atoms with Crippen LogP contribution >= 0.6 is 34.8 Å². The molecule has 0 heterocycles. The molecule has 2 rings (SSSR count). The summed E-state index contributed by atoms with van der Waals surface area (Å²) in [6.07, 6.45) is 0. The molecule has 0 aromatic heterocycles. The van der Waals surface area contributed by atoms with Crippen LogP contribution in [0.4, 0.5) is 11.4 Å². The first-order valence-electron chi connectivity index (χ1n) is 5.49. The third-order valence-electron chi connectivity index (χ3n) is 2.61. The molecule has 0 saturated carbocycles. The van der Waals surface area contributed by atoms with Crippen molar-refractivity contribution in [3.05, 3.63) is 57.2 Å². The van der Waals surface area contributed by atoms with E-state index in [9.17, 15) is 0 Å². The molecule has 0 radical (unpaired) electrons. The molecule has 18 heavy (non-hydrogen) atoms. The lowest BCUT2D eigenvalue weighted by Gasteiger charge is -2.10. The third kappa shape index (κ3) is 3.20. The highest BCUT2D eigenvalue weighted by Gasteiger charge is 2.03. The topological polar surface area (TPSA) is 38.0 Å². The number of aryl methyl sites for hydroxylation is 1. The second-order valence-electron chi connectivity index (χ2n) is 4.03. The average Bonchev–Trinajstić information content (AvgIpc) is 2.28. The largest absolute Gasteiger partial charge is 0.389 e. The highest BCUT2D eigenvalue weighted by atomic mass is 127. The Hall–Kier alpha value is -1.14. The predicted molar refractivity (Wildman–Crippen MR) is 89.5 cm³/mol. The SMILES string of the molecule is Cc1cc(Nc2cccc(I)c2)ccc1C(N)=S. The number of halogens is 1. The standard InChI is InChI=1S/C14H13IN2S/c1-9-7-12(5-6-13(9)14(16)18)17-11-4-2-3-10(15)8-11/h2-8,17H,1H3,(H2,16,18). The minimum absolute atomic E-state index is 0.438. The van der Waals surface area contributed by atoms with Crippen LogP contribution in [0.3, 0.4) is 0 Å². The number of nitrogens with one attached hydrogen (secondary N) is 1. The number of benzene rings is 2. The quantitative estimate of drug-likeness (QED) is 0.636. The summed E-state index contributed by atoms with van der Waals surface area (Å²) >= 11 is 7.29. The number of hydrogen-bond donors (Lipinski definition) is 2. The number of nitrogens with two attached hydrogens (primary N) is 1. The summed E-state index contributed by atoms with van der Waals surface area (Å²) in [4.78, 5) is 0.438. The van der Waals surface area contributed by atoms with Crippen molar-refractivity contribution in [1.29, 1.82) is 0 Å². The van der Waals surface area contributed by atoms with E-state index in [1.165, 1.54) is 3.57 Å². The van der Waals surface area contributed by atoms with Crippen molar-refractivity contribution in [3.8, 4) is 0 Å². The fourth-order valence-electron chi connectivity index (χ4n) is 1.75. The van der Waals surface area contributed by atoms with Crippen LogP contribution in [0.25, 0.3) is 0 Å². The van der Waals surface area contributed by atoms with E-state index in [0.29, 0.717) is 4.99 Å². The molecule has 0 saturated heterocycles. The lowest BCUT2D eigenvalue weighted by molar-refractivity contribution is 1.42. The summed E-state index contributed by atoms with van der Waals surface area (Å²) in [5, 5.41) is 3.36. The maximum atomic E-state index is 5.65. The molecule has 0 spiro atoms. The third-order valence-corrected chi connectivity index (χ3v) is 3.50. The molecule has 2 nitrogen and oxygen atoms in total. The lowest BCUT2D eigenvalue weighted by atomic mass is 10.1. The van der Waals surface area contributed by atoms with Crippen LogP contribution in [0.15, 0.2) is 42.5 Å². The molecule has 0 aliphatic carbocycles. The van der Waals surface area contributed by atoms with Gasteiger partial charge in [-0.15, -0.1) is 0 Å². The van der Waals surface area contributed by atoms with Crippen molar-refractivity contribution < 1.29 is 0 Å². The number of hydrogen-bond acceptors (Lipinski definition) is 2. The van der Waals surface area contributed by atoms with Crippen molar-refractivity contribution in [2.24, 2.45) is 5.73 Å². The molecule has 0 aliphatic heterocycles. The zero-order valence-corrected chi connectivity index (χ0v) is 12.9. The Kier molecular flexibility index (Phi) is 4.19. The second kappa shape index (κ2) is 5.67. The summed E-state index contributed by atoms with van der Waals surface area (Å²) in [6, 6.07) is 14.2. The van der Waals surface area contributed by atoms with E-state index in [-0.39, 0.29) is 0 Å². The van der Waals surface area contributed by atoms with E-state index < -0.39 is 0 Å². The van der Waals surface area contributed by atoms with E-state index in [1.807, 2.05) is 37.3 Å². The van der Waals surface area contributed by atoms with Crippen LogP contribution in [-0.2, 0) is 0 Å². The molecule has 0 bridgehead atoms. The van der Waals surface area contributed by atoms with Crippen molar-refractivity contribution in [1.82, 2.24) is 0 Å². The monoisotopic (exact) mass is 368 g/mol. The van der Waals surface area contributed by atoms with E-state index in [1.54, 1.807) is 0 Å². The Labute approximate surface area is 126 Å². The van der Waals surface area contributed by atoms with Crippen LogP contribution < -0.4 is 11.1 Å². The number of anilines is 2. The Bertz CT molecular complexity index is 596. The van der Waals surface area contributed by atoms with Gasteiger partial charge < -0.3 is 11.1 Å². The lowest BCUT2D eigenvalue weighted by Crippen LogP contribution is -2.11. The summed E-state index contributed by atoms with van der Waals surface area (Å²) in [5.41, 5.74) is 9.77. The van der Waals surface area contributed by atoms with Gasteiger partial charge in [0.25, 0.3) is 0 Å².